The van der Waals surface area contributed by atoms with Crippen molar-refractivity contribution in [3.8, 4) is 0 Å². The molecule has 18 heavy (non-hydrogen) atoms. The summed E-state index contributed by atoms with van der Waals surface area (Å²) in [5.74, 6) is -0.417. The highest BCUT2D eigenvalue weighted by atomic mass is 32.1. The molecule has 2 aromatic carbocycles. The Labute approximate surface area is 111 Å². The van der Waals surface area contributed by atoms with Gasteiger partial charge in [-0.1, -0.05) is 24.4 Å². The number of hydrogen-bond acceptors (Lipinski definition) is 2. The van der Waals surface area contributed by atoms with Gasteiger partial charge in [-0.15, -0.1) is 0 Å². The molecule has 0 aliphatic rings. The number of nitrogens with two attached hydrogens (primary N) is 1. The second-order valence-corrected chi connectivity index (χ2v) is 4.49. The van der Waals surface area contributed by atoms with Crippen molar-refractivity contribution in [3.63, 3.8) is 0 Å². The summed E-state index contributed by atoms with van der Waals surface area (Å²) in [5.41, 5.74) is 8.39. The lowest BCUT2D eigenvalue weighted by Gasteiger charge is -2.08. The zero-order chi connectivity index (χ0) is 13.1. The highest BCUT2D eigenvalue weighted by Gasteiger charge is 2.05. The molecule has 0 saturated carbocycles. The highest BCUT2D eigenvalue weighted by molar-refractivity contribution is 7.80. The Kier molecular flexibility index (Phi) is 3.58. The molecule has 0 spiro atoms. The van der Waals surface area contributed by atoms with E-state index in [0.29, 0.717) is 5.69 Å². The molecule has 0 bridgehead atoms. The van der Waals surface area contributed by atoms with Crippen LogP contribution in [0.3, 0.4) is 0 Å². The van der Waals surface area contributed by atoms with Gasteiger partial charge >= 0.3 is 0 Å². The normalized spacial score (nSPS) is 10.1. The highest BCUT2D eigenvalue weighted by Crippen LogP contribution is 2.20. The van der Waals surface area contributed by atoms with E-state index in [2.05, 4.69) is 5.32 Å². The van der Waals surface area contributed by atoms with E-state index in [1.165, 1.54) is 6.07 Å². The molecule has 92 valence electrons. The molecule has 0 aliphatic heterocycles. The van der Waals surface area contributed by atoms with Crippen molar-refractivity contribution in [2.24, 2.45) is 5.73 Å². The Hall–Kier alpha value is -1.94. The van der Waals surface area contributed by atoms with Gasteiger partial charge in [-0.05, 0) is 42.8 Å². The lowest BCUT2D eigenvalue weighted by molar-refractivity contribution is 0.626. The van der Waals surface area contributed by atoms with E-state index in [-0.39, 0.29) is 10.6 Å². The number of anilines is 2. The van der Waals surface area contributed by atoms with Crippen molar-refractivity contribution >= 4 is 28.6 Å². The third-order valence-corrected chi connectivity index (χ3v) is 2.76. The number of nitrogens with one attached hydrogen (secondary N) is 1. The number of rotatable bonds is 3. The smallest absolute Gasteiger partial charge is 0.135 e. The second kappa shape index (κ2) is 5.14. The summed E-state index contributed by atoms with van der Waals surface area (Å²) in [5, 5.41) is 3.13. The third kappa shape index (κ3) is 2.84. The molecule has 0 fully saturated rings. The predicted molar refractivity (Wildman–Crippen MR) is 76.7 cm³/mol. The minimum atomic E-state index is -0.417. The van der Waals surface area contributed by atoms with Crippen LogP contribution in [-0.4, -0.2) is 4.99 Å². The molecule has 3 N–H and O–H groups in total. The summed E-state index contributed by atoms with van der Waals surface area (Å²) < 4.78 is 13.7. The first-order chi connectivity index (χ1) is 8.56. The van der Waals surface area contributed by atoms with Crippen molar-refractivity contribution in [1.29, 1.82) is 0 Å². The molecule has 0 aliphatic carbocycles. The molecule has 4 heteroatoms. The summed E-state index contributed by atoms with van der Waals surface area (Å²) in [6.07, 6.45) is 0. The van der Waals surface area contributed by atoms with Crippen molar-refractivity contribution in [2.45, 2.75) is 6.92 Å². The van der Waals surface area contributed by atoms with Crippen LogP contribution in [0.5, 0.6) is 0 Å². The Balaban J connectivity index is 2.25. The van der Waals surface area contributed by atoms with Crippen LogP contribution in [0, 0.1) is 12.7 Å². The van der Waals surface area contributed by atoms with Gasteiger partial charge in [-0.2, -0.15) is 0 Å². The molecule has 0 saturated heterocycles. The van der Waals surface area contributed by atoms with E-state index in [4.69, 9.17) is 18.0 Å². The fraction of sp³-hybridized carbons (Fsp3) is 0.0714. The van der Waals surface area contributed by atoms with Crippen LogP contribution in [0.4, 0.5) is 15.8 Å². The van der Waals surface area contributed by atoms with Crippen molar-refractivity contribution in [2.75, 3.05) is 5.32 Å². The first-order valence-electron chi connectivity index (χ1n) is 5.49. The van der Waals surface area contributed by atoms with Crippen molar-refractivity contribution in [3.05, 3.63) is 59.4 Å². The number of thiocarbonyl (C=S) groups is 1. The molecule has 2 aromatic rings. The minimum Gasteiger partial charge on any atom is -0.389 e. The SMILES string of the molecule is Cc1cccc(Nc2ccc(C(N)=S)c(F)c2)c1. The van der Waals surface area contributed by atoms with Gasteiger partial charge in [-0.25, -0.2) is 4.39 Å². The molecule has 0 amide bonds. The number of halogens is 1. The van der Waals surface area contributed by atoms with Crippen LogP contribution in [0.15, 0.2) is 42.5 Å². The zero-order valence-corrected chi connectivity index (χ0v) is 10.7. The standard InChI is InChI=1S/C14H13FN2S/c1-9-3-2-4-10(7-9)17-11-5-6-12(14(16)18)13(15)8-11/h2-8,17H,1H3,(H2,16,18). The zero-order valence-electron chi connectivity index (χ0n) is 9.91. The van der Waals surface area contributed by atoms with Gasteiger partial charge in [0.25, 0.3) is 0 Å². The predicted octanol–water partition coefficient (Wildman–Crippen LogP) is 3.51. The maximum atomic E-state index is 13.7. The lowest BCUT2D eigenvalue weighted by Crippen LogP contribution is -2.11. The Morgan fingerprint density at radius 2 is 1.89 bits per heavy atom. The molecule has 0 radical (unpaired) electrons. The topological polar surface area (TPSA) is 38.0 Å². The molecule has 0 aromatic heterocycles. The van der Waals surface area contributed by atoms with E-state index in [1.54, 1.807) is 12.1 Å². The second-order valence-electron chi connectivity index (χ2n) is 4.05. The van der Waals surface area contributed by atoms with Crippen LogP contribution < -0.4 is 11.1 Å². The lowest BCUT2D eigenvalue weighted by atomic mass is 10.1. The quantitative estimate of drug-likeness (QED) is 0.829. The summed E-state index contributed by atoms with van der Waals surface area (Å²) in [6, 6.07) is 12.6. The average molecular weight is 260 g/mol. The van der Waals surface area contributed by atoms with Gasteiger partial charge in [0.05, 0.1) is 0 Å². The van der Waals surface area contributed by atoms with Gasteiger partial charge in [-0.3, -0.25) is 0 Å². The summed E-state index contributed by atoms with van der Waals surface area (Å²) in [4.78, 5) is 0.0644. The van der Waals surface area contributed by atoms with Crippen LogP contribution in [-0.2, 0) is 0 Å². The maximum absolute atomic E-state index is 13.7. The molecular weight excluding hydrogens is 247 g/mol. The van der Waals surface area contributed by atoms with Gasteiger partial charge in [0.2, 0.25) is 0 Å². The number of aryl methyl sites for hydroxylation is 1. The Morgan fingerprint density at radius 3 is 2.50 bits per heavy atom. The molecular formula is C14H13FN2S. The molecule has 0 atom stereocenters. The van der Waals surface area contributed by atoms with Gasteiger partial charge in [0, 0.05) is 16.9 Å². The first-order valence-corrected chi connectivity index (χ1v) is 5.90. The fourth-order valence-corrected chi connectivity index (χ4v) is 1.85. The third-order valence-electron chi connectivity index (χ3n) is 2.54. The largest absolute Gasteiger partial charge is 0.389 e. The first kappa shape index (κ1) is 12.5. The van der Waals surface area contributed by atoms with E-state index < -0.39 is 5.82 Å². The molecule has 0 heterocycles. The van der Waals surface area contributed by atoms with E-state index in [9.17, 15) is 4.39 Å². The van der Waals surface area contributed by atoms with Crippen LogP contribution in [0.2, 0.25) is 0 Å². The van der Waals surface area contributed by atoms with Gasteiger partial charge < -0.3 is 11.1 Å². The van der Waals surface area contributed by atoms with Crippen molar-refractivity contribution < 1.29 is 4.39 Å². The average Bonchev–Trinajstić information content (AvgIpc) is 2.28. The minimum absolute atomic E-state index is 0.0644. The van der Waals surface area contributed by atoms with Crippen LogP contribution in [0.1, 0.15) is 11.1 Å². The Bertz CT molecular complexity index is 596. The fourth-order valence-electron chi connectivity index (χ4n) is 1.68. The molecule has 0 unspecified atom stereocenters. The molecule has 2 nitrogen and oxygen atoms in total. The summed E-state index contributed by atoms with van der Waals surface area (Å²) >= 11 is 4.76. The molecule has 2 rings (SSSR count). The van der Waals surface area contributed by atoms with Crippen LogP contribution >= 0.6 is 12.2 Å². The van der Waals surface area contributed by atoms with Gasteiger partial charge in [0.1, 0.15) is 10.8 Å². The Morgan fingerprint density at radius 1 is 1.17 bits per heavy atom. The summed E-state index contributed by atoms with van der Waals surface area (Å²) in [7, 11) is 0. The van der Waals surface area contributed by atoms with Gasteiger partial charge in [0.15, 0.2) is 0 Å². The van der Waals surface area contributed by atoms with E-state index >= 15 is 0 Å². The van der Waals surface area contributed by atoms with E-state index in [0.717, 1.165) is 11.3 Å². The number of hydrogen-bond donors (Lipinski definition) is 2. The monoisotopic (exact) mass is 260 g/mol. The van der Waals surface area contributed by atoms with Crippen molar-refractivity contribution in [1.82, 2.24) is 0 Å². The number of benzene rings is 2. The maximum Gasteiger partial charge on any atom is 0.135 e. The summed E-state index contributed by atoms with van der Waals surface area (Å²) in [6.45, 7) is 2.00. The van der Waals surface area contributed by atoms with Crippen LogP contribution in [0.25, 0.3) is 0 Å². The van der Waals surface area contributed by atoms with E-state index in [1.807, 2.05) is 31.2 Å².